The van der Waals surface area contributed by atoms with Crippen LogP contribution in [-0.2, 0) is 26.1 Å². The van der Waals surface area contributed by atoms with Gasteiger partial charge in [-0.25, -0.2) is 0 Å². The van der Waals surface area contributed by atoms with Gasteiger partial charge in [0, 0.05) is 27.3 Å². The van der Waals surface area contributed by atoms with Crippen molar-refractivity contribution in [2.45, 2.75) is 12.7 Å². The first-order valence-corrected chi connectivity index (χ1v) is 7.06. The van der Waals surface area contributed by atoms with Crippen LogP contribution >= 0.6 is 11.6 Å². The molecule has 0 aromatic heterocycles. The molecule has 1 aromatic rings. The Kier molecular flexibility index (Phi) is 5.65. The number of carbonyl (C=O) groups excluding carboxylic acids is 1. The van der Waals surface area contributed by atoms with Crippen molar-refractivity contribution in [2.75, 3.05) is 12.9 Å². The van der Waals surface area contributed by atoms with Crippen LogP contribution in [0.3, 0.4) is 0 Å². The number of carbonyl (C=O) groups is 1. The van der Waals surface area contributed by atoms with Crippen LogP contribution in [0.4, 0.5) is 0 Å². The molecular formula is C12H15ClO3S. The Bertz CT molecular complexity index is 420. The summed E-state index contributed by atoms with van der Waals surface area (Å²) in [5, 5.41) is 0.625. The molecular weight excluding hydrogens is 260 g/mol. The molecule has 0 spiro atoms. The maximum Gasteiger partial charge on any atom is 0.309 e. The molecule has 2 atom stereocenters. The average Bonchev–Trinajstić information content (AvgIpc) is 2.27. The maximum atomic E-state index is 11.8. The maximum absolute atomic E-state index is 11.8. The summed E-state index contributed by atoms with van der Waals surface area (Å²) in [6.45, 7) is 1.71. The van der Waals surface area contributed by atoms with Crippen LogP contribution < -0.4 is 0 Å². The normalized spacial score (nSPS) is 14.1. The lowest BCUT2D eigenvalue weighted by Crippen LogP contribution is -2.20. The molecule has 2 unspecified atom stereocenters. The van der Waals surface area contributed by atoms with E-state index in [0.29, 0.717) is 16.5 Å². The molecule has 0 heterocycles. The lowest BCUT2D eigenvalue weighted by molar-refractivity contribution is -0.144. The van der Waals surface area contributed by atoms with Gasteiger partial charge in [0.05, 0.1) is 13.0 Å². The largest absolute Gasteiger partial charge is 0.469 e. The fourth-order valence-electron chi connectivity index (χ4n) is 1.42. The minimum atomic E-state index is -1.09. The molecule has 0 amide bonds. The summed E-state index contributed by atoms with van der Waals surface area (Å²) in [6.07, 6.45) is 0. The van der Waals surface area contributed by atoms with Crippen LogP contribution in [0.15, 0.2) is 24.3 Å². The second kappa shape index (κ2) is 6.77. The fourth-order valence-corrected chi connectivity index (χ4v) is 3.00. The number of ether oxygens (including phenoxy) is 1. The zero-order valence-corrected chi connectivity index (χ0v) is 11.4. The Balaban J connectivity index is 2.53. The number of methoxy groups -OCH3 is 1. The summed E-state index contributed by atoms with van der Waals surface area (Å²) in [5.74, 6) is 0.0330. The summed E-state index contributed by atoms with van der Waals surface area (Å²) in [7, 11) is 0.241. The third-order valence-electron chi connectivity index (χ3n) is 2.26. The number of benzene rings is 1. The standard InChI is InChI=1S/C12H15ClO3S/c1-9(12(14)16-2)7-17(15)8-10-4-3-5-11(13)6-10/h3-6,9H,7-8H2,1-2H3. The molecule has 0 aliphatic rings. The van der Waals surface area contributed by atoms with Gasteiger partial charge in [-0.1, -0.05) is 30.7 Å². The van der Waals surface area contributed by atoms with Crippen LogP contribution in [0, 0.1) is 5.92 Å². The summed E-state index contributed by atoms with van der Waals surface area (Å²) in [6, 6.07) is 7.23. The van der Waals surface area contributed by atoms with Crippen molar-refractivity contribution in [3.63, 3.8) is 0 Å². The van der Waals surface area contributed by atoms with Gasteiger partial charge in [-0.3, -0.25) is 9.00 Å². The van der Waals surface area contributed by atoms with E-state index in [1.54, 1.807) is 19.1 Å². The van der Waals surface area contributed by atoms with Gasteiger partial charge in [-0.15, -0.1) is 0 Å². The zero-order chi connectivity index (χ0) is 12.8. The number of esters is 1. The molecule has 0 N–H and O–H groups in total. The summed E-state index contributed by atoms with van der Waals surface area (Å²) in [4.78, 5) is 11.2. The molecule has 0 aliphatic carbocycles. The minimum Gasteiger partial charge on any atom is -0.469 e. The van der Waals surface area contributed by atoms with Gasteiger partial charge in [0.25, 0.3) is 0 Å². The smallest absolute Gasteiger partial charge is 0.309 e. The van der Waals surface area contributed by atoms with Gasteiger partial charge in [0.15, 0.2) is 0 Å². The number of hydrogen-bond acceptors (Lipinski definition) is 3. The topological polar surface area (TPSA) is 43.4 Å². The van der Waals surface area contributed by atoms with Gasteiger partial charge >= 0.3 is 5.97 Å². The van der Waals surface area contributed by atoms with Crippen LogP contribution in [-0.4, -0.2) is 23.0 Å². The minimum absolute atomic E-state index is 0.305. The molecule has 1 rings (SSSR count). The molecule has 0 bridgehead atoms. The molecule has 3 nitrogen and oxygen atoms in total. The summed E-state index contributed by atoms with van der Waals surface area (Å²) >= 11 is 5.83. The molecule has 17 heavy (non-hydrogen) atoms. The monoisotopic (exact) mass is 274 g/mol. The average molecular weight is 275 g/mol. The van der Waals surface area contributed by atoms with Crippen LogP contribution in [0.5, 0.6) is 0 Å². The first-order chi connectivity index (χ1) is 8.02. The van der Waals surface area contributed by atoms with E-state index >= 15 is 0 Å². The zero-order valence-electron chi connectivity index (χ0n) is 9.81. The van der Waals surface area contributed by atoms with Crippen LogP contribution in [0.25, 0.3) is 0 Å². The van der Waals surface area contributed by atoms with Crippen molar-refractivity contribution in [2.24, 2.45) is 5.92 Å². The second-order valence-corrected chi connectivity index (χ2v) is 5.74. The first-order valence-electron chi connectivity index (χ1n) is 5.20. The molecule has 0 radical (unpaired) electrons. The van der Waals surface area contributed by atoms with Gasteiger partial charge < -0.3 is 4.74 Å². The Labute approximate surface area is 109 Å². The lowest BCUT2D eigenvalue weighted by Gasteiger charge is -2.08. The second-order valence-electron chi connectivity index (χ2n) is 3.80. The first kappa shape index (κ1) is 14.2. The van der Waals surface area contributed by atoms with E-state index in [1.807, 2.05) is 12.1 Å². The SMILES string of the molecule is COC(=O)C(C)CS(=O)Cc1cccc(Cl)c1. The van der Waals surface area contributed by atoms with E-state index in [4.69, 9.17) is 11.6 Å². The molecule has 1 aromatic carbocycles. The predicted molar refractivity (Wildman–Crippen MR) is 69.3 cm³/mol. The quantitative estimate of drug-likeness (QED) is 0.775. The molecule has 0 saturated carbocycles. The lowest BCUT2D eigenvalue weighted by atomic mass is 10.2. The summed E-state index contributed by atoms with van der Waals surface area (Å²) in [5.41, 5.74) is 0.910. The Morgan fingerprint density at radius 2 is 2.24 bits per heavy atom. The molecule has 0 fully saturated rings. The Morgan fingerprint density at radius 3 is 2.82 bits per heavy atom. The number of rotatable bonds is 5. The molecule has 94 valence electrons. The highest BCUT2D eigenvalue weighted by atomic mass is 35.5. The Hall–Kier alpha value is -0.870. The van der Waals surface area contributed by atoms with Gasteiger partial charge in [-0.05, 0) is 17.7 Å². The predicted octanol–water partition coefficient (Wildman–Crippen LogP) is 2.40. The van der Waals surface area contributed by atoms with Crippen molar-refractivity contribution >= 4 is 28.4 Å². The molecule has 0 saturated heterocycles. The van der Waals surface area contributed by atoms with E-state index in [1.165, 1.54) is 7.11 Å². The molecule has 0 aliphatic heterocycles. The van der Waals surface area contributed by atoms with Crippen LogP contribution in [0.1, 0.15) is 12.5 Å². The number of hydrogen-bond donors (Lipinski definition) is 0. The van der Waals surface area contributed by atoms with Crippen molar-refractivity contribution in [1.29, 1.82) is 0 Å². The van der Waals surface area contributed by atoms with Crippen LogP contribution in [0.2, 0.25) is 5.02 Å². The van der Waals surface area contributed by atoms with Gasteiger partial charge in [0.1, 0.15) is 0 Å². The van der Waals surface area contributed by atoms with Gasteiger partial charge in [-0.2, -0.15) is 0 Å². The summed E-state index contributed by atoms with van der Waals surface area (Å²) < 4.78 is 16.4. The number of halogens is 1. The van der Waals surface area contributed by atoms with E-state index in [2.05, 4.69) is 4.74 Å². The highest BCUT2D eigenvalue weighted by molar-refractivity contribution is 7.84. The highest BCUT2D eigenvalue weighted by Gasteiger charge is 2.16. The van der Waals surface area contributed by atoms with E-state index in [-0.39, 0.29) is 11.9 Å². The van der Waals surface area contributed by atoms with E-state index < -0.39 is 10.8 Å². The third kappa shape index (κ3) is 4.88. The van der Waals surface area contributed by atoms with Gasteiger partial charge in [0.2, 0.25) is 0 Å². The fraction of sp³-hybridized carbons (Fsp3) is 0.417. The van der Waals surface area contributed by atoms with Crippen molar-refractivity contribution in [3.05, 3.63) is 34.9 Å². The van der Waals surface area contributed by atoms with E-state index in [9.17, 15) is 9.00 Å². The van der Waals surface area contributed by atoms with Crippen molar-refractivity contribution < 1.29 is 13.7 Å². The van der Waals surface area contributed by atoms with Crippen molar-refractivity contribution in [1.82, 2.24) is 0 Å². The third-order valence-corrected chi connectivity index (χ3v) is 4.02. The molecule has 5 heteroatoms. The van der Waals surface area contributed by atoms with E-state index in [0.717, 1.165) is 5.56 Å². The highest BCUT2D eigenvalue weighted by Crippen LogP contribution is 2.13. The Morgan fingerprint density at radius 1 is 1.53 bits per heavy atom. The van der Waals surface area contributed by atoms with Crippen molar-refractivity contribution in [3.8, 4) is 0 Å².